The molecule has 0 aliphatic carbocycles. The number of hydrogen-bond acceptors (Lipinski definition) is 3. The van der Waals surface area contributed by atoms with E-state index in [0.717, 1.165) is 22.4 Å². The molecule has 0 bridgehead atoms. The summed E-state index contributed by atoms with van der Waals surface area (Å²) in [6, 6.07) is 22.9. The first kappa shape index (κ1) is 17.7. The Labute approximate surface area is 156 Å². The van der Waals surface area contributed by atoms with Crippen molar-refractivity contribution < 1.29 is 9.90 Å². The predicted molar refractivity (Wildman–Crippen MR) is 106 cm³/mol. The van der Waals surface area contributed by atoms with Gasteiger partial charge in [0.15, 0.2) is 0 Å². The highest BCUT2D eigenvalue weighted by molar-refractivity contribution is 6.33. The Balaban J connectivity index is 1.76. The fourth-order valence-electron chi connectivity index (χ4n) is 2.51. The Morgan fingerprint density at radius 2 is 1.62 bits per heavy atom. The maximum absolute atomic E-state index is 11.1. The van der Waals surface area contributed by atoms with Crippen LogP contribution in [0.15, 0.2) is 77.9 Å². The Morgan fingerprint density at radius 1 is 0.962 bits per heavy atom. The molecular weight excluding hydrogens is 348 g/mol. The number of carboxylic acids is 1. The van der Waals surface area contributed by atoms with Gasteiger partial charge in [-0.3, -0.25) is 5.43 Å². The highest BCUT2D eigenvalue weighted by Crippen LogP contribution is 2.21. The molecule has 0 radical (unpaired) electrons. The van der Waals surface area contributed by atoms with E-state index in [9.17, 15) is 4.79 Å². The Bertz CT molecular complexity index is 952. The first-order valence-electron chi connectivity index (χ1n) is 8.03. The molecule has 130 valence electrons. The third-order valence-corrected chi connectivity index (χ3v) is 4.29. The SMILES string of the molecule is CC(=NNc1ccc(Cl)c(C(=O)O)c1)c1ccc(-c2ccccc2)cc1. The summed E-state index contributed by atoms with van der Waals surface area (Å²) in [6.45, 7) is 1.89. The van der Waals surface area contributed by atoms with Crippen molar-refractivity contribution in [2.24, 2.45) is 5.10 Å². The van der Waals surface area contributed by atoms with Crippen LogP contribution in [0.3, 0.4) is 0 Å². The molecule has 5 heteroatoms. The zero-order valence-corrected chi connectivity index (χ0v) is 14.9. The average molecular weight is 365 g/mol. The van der Waals surface area contributed by atoms with Crippen LogP contribution >= 0.6 is 11.6 Å². The van der Waals surface area contributed by atoms with E-state index in [0.29, 0.717) is 5.69 Å². The van der Waals surface area contributed by atoms with Crippen molar-refractivity contribution >= 4 is 29.0 Å². The van der Waals surface area contributed by atoms with E-state index < -0.39 is 5.97 Å². The van der Waals surface area contributed by atoms with Gasteiger partial charge in [0.2, 0.25) is 0 Å². The van der Waals surface area contributed by atoms with Gasteiger partial charge in [0.25, 0.3) is 0 Å². The largest absolute Gasteiger partial charge is 0.478 e. The monoisotopic (exact) mass is 364 g/mol. The third kappa shape index (κ3) is 4.10. The van der Waals surface area contributed by atoms with E-state index in [2.05, 4.69) is 34.8 Å². The second kappa shape index (κ2) is 7.85. The molecule has 0 spiro atoms. The molecule has 26 heavy (non-hydrogen) atoms. The maximum Gasteiger partial charge on any atom is 0.337 e. The van der Waals surface area contributed by atoms with Crippen molar-refractivity contribution in [1.29, 1.82) is 0 Å². The molecule has 0 saturated carbocycles. The summed E-state index contributed by atoms with van der Waals surface area (Å²) < 4.78 is 0. The molecule has 0 amide bonds. The molecule has 3 aromatic carbocycles. The molecule has 0 unspecified atom stereocenters. The van der Waals surface area contributed by atoms with Crippen LogP contribution in [-0.4, -0.2) is 16.8 Å². The Morgan fingerprint density at radius 3 is 2.27 bits per heavy atom. The average Bonchev–Trinajstić information content (AvgIpc) is 2.67. The van der Waals surface area contributed by atoms with Crippen LogP contribution in [0.1, 0.15) is 22.8 Å². The maximum atomic E-state index is 11.1. The fraction of sp³-hybridized carbons (Fsp3) is 0.0476. The number of anilines is 1. The van der Waals surface area contributed by atoms with Gasteiger partial charge in [0.05, 0.1) is 22.0 Å². The Hall–Kier alpha value is -3.11. The summed E-state index contributed by atoms with van der Waals surface area (Å²) in [5.41, 5.74) is 7.54. The molecule has 0 aliphatic rings. The van der Waals surface area contributed by atoms with Gasteiger partial charge in [-0.2, -0.15) is 5.10 Å². The van der Waals surface area contributed by atoms with Crippen LogP contribution in [0.2, 0.25) is 5.02 Å². The summed E-state index contributed by atoms with van der Waals surface area (Å²) in [5, 5.41) is 13.6. The molecule has 2 N–H and O–H groups in total. The first-order valence-corrected chi connectivity index (χ1v) is 8.41. The molecule has 0 heterocycles. The van der Waals surface area contributed by atoms with Gasteiger partial charge in [-0.05, 0) is 41.8 Å². The number of nitrogens with one attached hydrogen (secondary N) is 1. The van der Waals surface area contributed by atoms with Gasteiger partial charge in [-0.25, -0.2) is 4.79 Å². The number of halogens is 1. The number of rotatable bonds is 5. The van der Waals surface area contributed by atoms with Gasteiger partial charge in [-0.15, -0.1) is 0 Å². The molecule has 3 aromatic rings. The second-order valence-electron chi connectivity index (χ2n) is 5.75. The van der Waals surface area contributed by atoms with E-state index in [4.69, 9.17) is 16.7 Å². The van der Waals surface area contributed by atoms with Crippen LogP contribution in [0, 0.1) is 0 Å². The lowest BCUT2D eigenvalue weighted by molar-refractivity contribution is 0.0697. The minimum Gasteiger partial charge on any atom is -0.478 e. The number of aromatic carboxylic acids is 1. The third-order valence-electron chi connectivity index (χ3n) is 3.96. The fourth-order valence-corrected chi connectivity index (χ4v) is 2.70. The van der Waals surface area contributed by atoms with Crippen molar-refractivity contribution in [3.05, 3.63) is 88.9 Å². The molecule has 4 nitrogen and oxygen atoms in total. The zero-order chi connectivity index (χ0) is 18.5. The van der Waals surface area contributed by atoms with Crippen molar-refractivity contribution in [2.45, 2.75) is 6.92 Å². The van der Waals surface area contributed by atoms with Gasteiger partial charge in [0.1, 0.15) is 0 Å². The number of carbonyl (C=O) groups is 1. The predicted octanol–water partition coefficient (Wildman–Crippen LogP) is 5.54. The first-order chi connectivity index (χ1) is 12.5. The molecular formula is C21H17ClN2O2. The van der Waals surface area contributed by atoms with Crippen LogP contribution in [0.25, 0.3) is 11.1 Å². The standard InChI is InChI=1S/C21H17ClN2O2/c1-14(23-24-18-11-12-20(22)19(13-18)21(25)26)15-7-9-17(10-8-15)16-5-3-2-4-6-16/h2-13,24H,1H3,(H,25,26). The summed E-state index contributed by atoms with van der Waals surface area (Å²) in [5.74, 6) is -1.07. The van der Waals surface area contributed by atoms with Gasteiger partial charge in [-0.1, -0.05) is 66.2 Å². The van der Waals surface area contributed by atoms with Crippen molar-refractivity contribution in [3.8, 4) is 11.1 Å². The van der Waals surface area contributed by atoms with E-state index in [1.807, 2.05) is 37.3 Å². The number of nitrogens with zero attached hydrogens (tertiary/aromatic N) is 1. The van der Waals surface area contributed by atoms with E-state index in [-0.39, 0.29) is 10.6 Å². The van der Waals surface area contributed by atoms with Gasteiger partial charge >= 0.3 is 5.97 Å². The highest BCUT2D eigenvalue weighted by atomic mass is 35.5. The van der Waals surface area contributed by atoms with E-state index in [1.165, 1.54) is 12.1 Å². The lowest BCUT2D eigenvalue weighted by atomic mass is 10.0. The van der Waals surface area contributed by atoms with Crippen LogP contribution in [-0.2, 0) is 0 Å². The van der Waals surface area contributed by atoms with Crippen molar-refractivity contribution in [2.75, 3.05) is 5.43 Å². The van der Waals surface area contributed by atoms with Crippen LogP contribution in [0.4, 0.5) is 5.69 Å². The summed E-state index contributed by atoms with van der Waals surface area (Å²) in [7, 11) is 0. The van der Waals surface area contributed by atoms with Gasteiger partial charge in [0, 0.05) is 0 Å². The normalized spacial score (nSPS) is 11.2. The minimum absolute atomic E-state index is 0.0386. The molecule has 3 rings (SSSR count). The Kier molecular flexibility index (Phi) is 5.34. The lowest BCUT2D eigenvalue weighted by Gasteiger charge is -2.07. The van der Waals surface area contributed by atoms with Crippen molar-refractivity contribution in [3.63, 3.8) is 0 Å². The van der Waals surface area contributed by atoms with E-state index >= 15 is 0 Å². The van der Waals surface area contributed by atoms with E-state index in [1.54, 1.807) is 6.07 Å². The molecule has 0 aliphatic heterocycles. The number of benzene rings is 3. The van der Waals surface area contributed by atoms with Crippen LogP contribution in [0.5, 0.6) is 0 Å². The lowest BCUT2D eigenvalue weighted by Crippen LogP contribution is -2.02. The van der Waals surface area contributed by atoms with Gasteiger partial charge < -0.3 is 5.11 Å². The highest BCUT2D eigenvalue weighted by Gasteiger charge is 2.09. The number of hydrogen-bond donors (Lipinski definition) is 2. The molecule has 0 fully saturated rings. The number of hydrazone groups is 1. The zero-order valence-electron chi connectivity index (χ0n) is 14.1. The quantitative estimate of drug-likeness (QED) is 0.461. The number of carboxylic acid groups (broad SMARTS) is 1. The topological polar surface area (TPSA) is 61.7 Å². The molecule has 0 saturated heterocycles. The molecule has 0 atom stereocenters. The van der Waals surface area contributed by atoms with Crippen molar-refractivity contribution in [1.82, 2.24) is 0 Å². The molecule has 0 aromatic heterocycles. The minimum atomic E-state index is -1.07. The summed E-state index contributed by atoms with van der Waals surface area (Å²) >= 11 is 5.87. The van der Waals surface area contributed by atoms with Crippen LogP contribution < -0.4 is 5.43 Å². The summed E-state index contributed by atoms with van der Waals surface area (Å²) in [4.78, 5) is 11.1. The second-order valence-corrected chi connectivity index (χ2v) is 6.16. The summed E-state index contributed by atoms with van der Waals surface area (Å²) in [6.07, 6.45) is 0. The smallest absolute Gasteiger partial charge is 0.337 e.